The van der Waals surface area contributed by atoms with Crippen molar-refractivity contribution in [2.45, 2.75) is 38.0 Å². The average molecular weight is 285 g/mol. The summed E-state index contributed by atoms with van der Waals surface area (Å²) >= 11 is 0. The van der Waals surface area contributed by atoms with E-state index < -0.39 is 10.0 Å². The lowest BCUT2D eigenvalue weighted by atomic mass is 10.1. The van der Waals surface area contributed by atoms with E-state index in [1.165, 1.54) is 0 Å². The molecule has 0 aliphatic carbocycles. The van der Waals surface area contributed by atoms with Gasteiger partial charge < -0.3 is 5.11 Å². The Labute approximate surface area is 115 Å². The SMILES string of the molecule is CCCc1ccc(S(=O)(=O)NCC(C)CCO)cc1. The molecule has 0 saturated heterocycles. The molecular formula is C14H23NO3S. The largest absolute Gasteiger partial charge is 0.396 e. The molecule has 5 heteroatoms. The lowest BCUT2D eigenvalue weighted by molar-refractivity contribution is 0.263. The molecule has 1 aromatic carbocycles. The molecule has 0 aromatic heterocycles. The Morgan fingerprint density at radius 1 is 1.26 bits per heavy atom. The molecule has 0 amide bonds. The number of hydrogen-bond acceptors (Lipinski definition) is 3. The molecule has 0 bridgehead atoms. The minimum atomic E-state index is -3.44. The van der Waals surface area contributed by atoms with Crippen molar-refractivity contribution in [2.24, 2.45) is 5.92 Å². The van der Waals surface area contributed by atoms with Crippen molar-refractivity contribution in [1.82, 2.24) is 4.72 Å². The summed E-state index contributed by atoms with van der Waals surface area (Å²) in [6.07, 6.45) is 2.60. The van der Waals surface area contributed by atoms with E-state index in [2.05, 4.69) is 11.6 Å². The molecule has 108 valence electrons. The average Bonchev–Trinajstić information content (AvgIpc) is 2.38. The highest BCUT2D eigenvalue weighted by atomic mass is 32.2. The number of aliphatic hydroxyl groups is 1. The van der Waals surface area contributed by atoms with Crippen molar-refractivity contribution >= 4 is 10.0 Å². The van der Waals surface area contributed by atoms with Crippen molar-refractivity contribution in [3.8, 4) is 0 Å². The van der Waals surface area contributed by atoms with E-state index in [0.29, 0.717) is 17.9 Å². The maximum absolute atomic E-state index is 12.0. The molecule has 0 heterocycles. The summed E-state index contributed by atoms with van der Waals surface area (Å²) < 4.78 is 26.6. The van der Waals surface area contributed by atoms with Crippen LogP contribution in [0.25, 0.3) is 0 Å². The maximum atomic E-state index is 12.0. The second kappa shape index (κ2) is 7.62. The van der Waals surface area contributed by atoms with Crippen LogP contribution in [0.5, 0.6) is 0 Å². The summed E-state index contributed by atoms with van der Waals surface area (Å²) in [4.78, 5) is 0.295. The fraction of sp³-hybridized carbons (Fsp3) is 0.571. The summed E-state index contributed by atoms with van der Waals surface area (Å²) in [7, 11) is -3.44. The monoisotopic (exact) mass is 285 g/mol. The van der Waals surface area contributed by atoms with E-state index in [-0.39, 0.29) is 12.5 Å². The fourth-order valence-electron chi connectivity index (χ4n) is 1.78. The first-order valence-corrected chi connectivity index (χ1v) is 8.17. The lowest BCUT2D eigenvalue weighted by Crippen LogP contribution is -2.28. The predicted molar refractivity (Wildman–Crippen MR) is 76.5 cm³/mol. The number of rotatable bonds is 8. The van der Waals surface area contributed by atoms with Crippen LogP contribution < -0.4 is 4.72 Å². The Kier molecular flexibility index (Phi) is 6.48. The van der Waals surface area contributed by atoms with Crippen molar-refractivity contribution < 1.29 is 13.5 Å². The zero-order chi connectivity index (χ0) is 14.3. The lowest BCUT2D eigenvalue weighted by Gasteiger charge is -2.12. The Bertz CT molecular complexity index is 468. The topological polar surface area (TPSA) is 66.4 Å². The van der Waals surface area contributed by atoms with E-state index >= 15 is 0 Å². The van der Waals surface area contributed by atoms with Crippen molar-refractivity contribution in [3.63, 3.8) is 0 Å². The van der Waals surface area contributed by atoms with Gasteiger partial charge in [-0.2, -0.15) is 0 Å². The maximum Gasteiger partial charge on any atom is 0.240 e. The highest BCUT2D eigenvalue weighted by molar-refractivity contribution is 7.89. The molecule has 0 aliphatic rings. The summed E-state index contributed by atoms with van der Waals surface area (Å²) in [6.45, 7) is 4.42. The number of aliphatic hydroxyl groups excluding tert-OH is 1. The molecule has 0 spiro atoms. The van der Waals surface area contributed by atoms with Crippen molar-refractivity contribution in [2.75, 3.05) is 13.2 Å². The van der Waals surface area contributed by atoms with E-state index in [9.17, 15) is 8.42 Å². The normalized spacial score (nSPS) is 13.4. The van der Waals surface area contributed by atoms with Gasteiger partial charge in [-0.05, 0) is 36.5 Å². The number of benzene rings is 1. The van der Waals surface area contributed by atoms with Crippen LogP contribution in [0, 0.1) is 5.92 Å². The number of hydrogen-bond donors (Lipinski definition) is 2. The molecular weight excluding hydrogens is 262 g/mol. The first-order chi connectivity index (χ1) is 8.99. The van der Waals surface area contributed by atoms with E-state index in [1.807, 2.05) is 19.1 Å². The van der Waals surface area contributed by atoms with Gasteiger partial charge in [0.1, 0.15) is 0 Å². The van der Waals surface area contributed by atoms with Crippen LogP contribution in [0.15, 0.2) is 29.2 Å². The Morgan fingerprint density at radius 3 is 2.42 bits per heavy atom. The molecule has 0 saturated carbocycles. The van der Waals surface area contributed by atoms with Crippen molar-refractivity contribution in [1.29, 1.82) is 0 Å². The van der Waals surface area contributed by atoms with Crippen LogP contribution in [0.3, 0.4) is 0 Å². The van der Waals surface area contributed by atoms with E-state index in [1.54, 1.807) is 12.1 Å². The van der Waals surface area contributed by atoms with Gasteiger partial charge in [0.2, 0.25) is 10.0 Å². The van der Waals surface area contributed by atoms with E-state index in [0.717, 1.165) is 18.4 Å². The van der Waals surface area contributed by atoms with Crippen LogP contribution in [-0.4, -0.2) is 26.7 Å². The predicted octanol–water partition coefficient (Wildman–Crippen LogP) is 1.94. The van der Waals surface area contributed by atoms with Gasteiger partial charge in [-0.15, -0.1) is 0 Å². The minimum Gasteiger partial charge on any atom is -0.396 e. The second-order valence-corrected chi connectivity index (χ2v) is 6.63. The van der Waals surface area contributed by atoms with Gasteiger partial charge in [-0.25, -0.2) is 13.1 Å². The molecule has 2 N–H and O–H groups in total. The van der Waals surface area contributed by atoms with Gasteiger partial charge in [-0.1, -0.05) is 32.4 Å². The number of aryl methyl sites for hydroxylation is 1. The standard InChI is InChI=1S/C14H23NO3S/c1-3-4-13-5-7-14(8-6-13)19(17,18)15-11-12(2)9-10-16/h5-8,12,15-16H,3-4,9-11H2,1-2H3. The van der Waals surface area contributed by atoms with E-state index in [4.69, 9.17) is 5.11 Å². The molecule has 0 fully saturated rings. The molecule has 19 heavy (non-hydrogen) atoms. The molecule has 1 unspecified atom stereocenters. The summed E-state index contributed by atoms with van der Waals surface area (Å²) in [5.74, 6) is 0.124. The molecule has 1 rings (SSSR count). The quantitative estimate of drug-likeness (QED) is 0.767. The van der Waals surface area contributed by atoms with Crippen LogP contribution in [-0.2, 0) is 16.4 Å². The molecule has 4 nitrogen and oxygen atoms in total. The first-order valence-electron chi connectivity index (χ1n) is 6.69. The first kappa shape index (κ1) is 16.1. The smallest absolute Gasteiger partial charge is 0.240 e. The van der Waals surface area contributed by atoms with Crippen LogP contribution in [0.4, 0.5) is 0 Å². The van der Waals surface area contributed by atoms with Crippen LogP contribution in [0.1, 0.15) is 32.3 Å². The Balaban J connectivity index is 2.66. The minimum absolute atomic E-state index is 0.0780. The van der Waals surface area contributed by atoms with Gasteiger partial charge >= 0.3 is 0 Å². The van der Waals surface area contributed by atoms with Gasteiger partial charge in [0.05, 0.1) is 4.90 Å². The summed E-state index contributed by atoms with van der Waals surface area (Å²) in [5.41, 5.74) is 1.15. The Hall–Kier alpha value is -0.910. The van der Waals surface area contributed by atoms with Crippen molar-refractivity contribution in [3.05, 3.63) is 29.8 Å². The molecule has 1 atom stereocenters. The number of nitrogens with one attached hydrogen (secondary N) is 1. The highest BCUT2D eigenvalue weighted by Gasteiger charge is 2.14. The molecule has 0 radical (unpaired) electrons. The van der Waals surface area contributed by atoms with Gasteiger partial charge in [0, 0.05) is 13.2 Å². The van der Waals surface area contributed by atoms with Gasteiger partial charge in [0.25, 0.3) is 0 Å². The second-order valence-electron chi connectivity index (χ2n) is 4.86. The highest BCUT2D eigenvalue weighted by Crippen LogP contribution is 2.12. The Morgan fingerprint density at radius 2 is 1.89 bits per heavy atom. The third-order valence-electron chi connectivity index (χ3n) is 3.02. The van der Waals surface area contributed by atoms with Crippen LogP contribution >= 0.6 is 0 Å². The third-order valence-corrected chi connectivity index (χ3v) is 4.46. The summed E-state index contributed by atoms with van der Waals surface area (Å²) in [6, 6.07) is 7.00. The zero-order valence-corrected chi connectivity index (χ0v) is 12.4. The van der Waals surface area contributed by atoms with Gasteiger partial charge in [0.15, 0.2) is 0 Å². The molecule has 0 aliphatic heterocycles. The summed E-state index contributed by atoms with van der Waals surface area (Å²) in [5, 5.41) is 8.79. The third kappa shape index (κ3) is 5.30. The van der Waals surface area contributed by atoms with Crippen LogP contribution in [0.2, 0.25) is 0 Å². The molecule has 1 aromatic rings. The zero-order valence-electron chi connectivity index (χ0n) is 11.6. The number of sulfonamides is 1. The van der Waals surface area contributed by atoms with Gasteiger partial charge in [-0.3, -0.25) is 0 Å². The fourth-order valence-corrected chi connectivity index (χ4v) is 2.95.